The van der Waals surface area contributed by atoms with Gasteiger partial charge < -0.3 is 14.2 Å². The zero-order valence-electron chi connectivity index (χ0n) is 19.6. The Balaban J connectivity index is 3.22. The number of Topliss-reactive ketones (excluding diaryl/α,β-unsaturated/α-hetero) is 1. The molecule has 0 saturated heterocycles. The first-order valence-electron chi connectivity index (χ1n) is 10.8. The molecule has 0 fully saturated rings. The molecule has 0 aromatic heterocycles. The van der Waals surface area contributed by atoms with Crippen LogP contribution >= 0.6 is 22.6 Å². The zero-order valence-corrected chi connectivity index (χ0v) is 21.7. The fourth-order valence-corrected chi connectivity index (χ4v) is 4.67. The van der Waals surface area contributed by atoms with E-state index in [2.05, 4.69) is 41.7 Å². The summed E-state index contributed by atoms with van der Waals surface area (Å²) in [6.07, 6.45) is 6.84. The number of carbonyl (C=O) groups is 2. The molecule has 0 saturated carbocycles. The molecule has 1 heterocycles. The molecule has 5 atom stereocenters. The highest BCUT2D eigenvalue weighted by molar-refractivity contribution is 14.1. The number of hydrogen-bond acceptors (Lipinski definition) is 5. The highest BCUT2D eigenvalue weighted by Crippen LogP contribution is 2.34. The van der Waals surface area contributed by atoms with Crippen molar-refractivity contribution in [3.8, 4) is 0 Å². The number of hydrogen-bond donors (Lipinski definition) is 0. The van der Waals surface area contributed by atoms with Gasteiger partial charge in [0, 0.05) is 26.6 Å². The average molecular weight is 534 g/mol. The van der Waals surface area contributed by atoms with Crippen molar-refractivity contribution >= 4 is 34.3 Å². The smallest absolute Gasteiger partial charge is 0.309 e. The molecular weight excluding hydrogens is 495 g/mol. The van der Waals surface area contributed by atoms with E-state index in [1.54, 1.807) is 14.2 Å². The van der Waals surface area contributed by atoms with E-state index in [1.165, 1.54) is 0 Å². The Kier molecular flexibility index (Phi) is 11.8. The second-order valence-corrected chi connectivity index (χ2v) is 9.57. The monoisotopic (exact) mass is 534 g/mol. The van der Waals surface area contributed by atoms with Gasteiger partial charge in [-0.2, -0.15) is 0 Å². The molecule has 1 aliphatic heterocycles. The highest BCUT2D eigenvalue weighted by atomic mass is 127. The minimum Gasteiger partial charge on any atom is -0.457 e. The van der Waals surface area contributed by atoms with Crippen molar-refractivity contribution in [3.63, 3.8) is 0 Å². The summed E-state index contributed by atoms with van der Waals surface area (Å²) >= 11 is 2.17. The summed E-state index contributed by atoms with van der Waals surface area (Å²) in [5, 5.41) is 0. The minimum absolute atomic E-state index is 0.0316. The van der Waals surface area contributed by atoms with Crippen molar-refractivity contribution in [3.05, 3.63) is 21.8 Å². The molecule has 6 heteroatoms. The number of methoxy groups -OCH3 is 2. The predicted molar refractivity (Wildman–Crippen MR) is 129 cm³/mol. The molecule has 0 radical (unpaired) electrons. The summed E-state index contributed by atoms with van der Waals surface area (Å²) in [4.78, 5) is 26.2. The summed E-state index contributed by atoms with van der Waals surface area (Å²) < 4.78 is 19.1. The number of halogens is 1. The van der Waals surface area contributed by atoms with Crippen LogP contribution in [0.1, 0.15) is 66.7 Å². The van der Waals surface area contributed by atoms with Crippen LogP contribution in [0, 0.1) is 17.3 Å². The van der Waals surface area contributed by atoms with Gasteiger partial charge in [0.25, 0.3) is 0 Å². The second kappa shape index (κ2) is 13.0. The lowest BCUT2D eigenvalue weighted by atomic mass is 9.72. The Morgan fingerprint density at radius 2 is 1.87 bits per heavy atom. The Morgan fingerprint density at radius 3 is 2.43 bits per heavy atom. The number of carbonyl (C=O) groups excluding carboxylic acids is 2. The van der Waals surface area contributed by atoms with E-state index >= 15 is 0 Å². The third kappa shape index (κ3) is 7.45. The van der Waals surface area contributed by atoms with Crippen molar-refractivity contribution in [2.24, 2.45) is 17.3 Å². The molecule has 0 aromatic rings. The maximum absolute atomic E-state index is 13.4. The fourth-order valence-electron chi connectivity index (χ4n) is 4.27. The van der Waals surface area contributed by atoms with Crippen LogP contribution in [-0.2, 0) is 23.8 Å². The molecule has 0 bridgehead atoms. The highest BCUT2D eigenvalue weighted by Gasteiger charge is 2.43. The Morgan fingerprint density at radius 1 is 1.20 bits per heavy atom. The molecule has 1 rings (SSSR count). The number of esters is 1. The lowest BCUT2D eigenvalue weighted by Crippen LogP contribution is -2.47. The van der Waals surface area contributed by atoms with Gasteiger partial charge in [-0.05, 0) is 41.8 Å². The summed E-state index contributed by atoms with van der Waals surface area (Å²) in [5.41, 5.74) is 0.161. The Hall–Kier alpha value is -0.730. The molecule has 0 aromatic carbocycles. The number of ether oxygens (including phenoxy) is 3. The van der Waals surface area contributed by atoms with Crippen LogP contribution in [0.2, 0.25) is 0 Å². The van der Waals surface area contributed by atoms with Gasteiger partial charge in [0.2, 0.25) is 0 Å². The molecule has 0 N–H and O–H groups in total. The topological polar surface area (TPSA) is 61.8 Å². The number of allylic oxidation sites excluding steroid dienone is 1. The number of cyclic esters (lactones) is 1. The van der Waals surface area contributed by atoms with Gasteiger partial charge in [-0.15, -0.1) is 0 Å². The third-order valence-electron chi connectivity index (χ3n) is 6.32. The van der Waals surface area contributed by atoms with Crippen molar-refractivity contribution in [1.29, 1.82) is 0 Å². The molecule has 5 unspecified atom stereocenters. The largest absolute Gasteiger partial charge is 0.457 e. The Bertz CT molecular complexity index is 625. The van der Waals surface area contributed by atoms with E-state index < -0.39 is 11.5 Å². The van der Waals surface area contributed by atoms with E-state index in [0.29, 0.717) is 6.42 Å². The molecule has 0 spiro atoms. The quantitative estimate of drug-likeness (QED) is 0.266. The van der Waals surface area contributed by atoms with Crippen LogP contribution in [0.15, 0.2) is 21.8 Å². The van der Waals surface area contributed by atoms with E-state index in [0.717, 1.165) is 24.8 Å². The Labute approximate surface area is 196 Å². The van der Waals surface area contributed by atoms with Gasteiger partial charge >= 0.3 is 5.97 Å². The van der Waals surface area contributed by atoms with Gasteiger partial charge in [-0.3, -0.25) is 9.59 Å². The number of rotatable bonds is 3. The minimum atomic E-state index is -0.843. The summed E-state index contributed by atoms with van der Waals surface area (Å²) in [6.45, 7) is 9.74. The van der Waals surface area contributed by atoms with Crippen molar-refractivity contribution < 1.29 is 23.8 Å². The van der Waals surface area contributed by atoms with Crippen LogP contribution in [0.3, 0.4) is 0 Å². The molecule has 5 nitrogen and oxygen atoms in total. The van der Waals surface area contributed by atoms with Gasteiger partial charge in [-0.25, -0.2) is 0 Å². The molecule has 30 heavy (non-hydrogen) atoms. The van der Waals surface area contributed by atoms with E-state index in [-0.39, 0.29) is 42.2 Å². The van der Waals surface area contributed by atoms with Gasteiger partial charge in [0.1, 0.15) is 11.9 Å². The van der Waals surface area contributed by atoms with Crippen LogP contribution in [0.4, 0.5) is 0 Å². The van der Waals surface area contributed by atoms with Crippen LogP contribution < -0.4 is 0 Å². The lowest BCUT2D eigenvalue weighted by molar-refractivity contribution is -0.156. The molecule has 0 amide bonds. The summed E-state index contributed by atoms with van der Waals surface area (Å²) in [7, 11) is 3.22. The first-order valence-corrected chi connectivity index (χ1v) is 12.1. The first-order chi connectivity index (χ1) is 14.1. The SMILES string of the molecule is COC1C(C)CCCC=CCC(/C(C)=C/I)OC(=O)CC(OC)C(C)(C)C(=O)C1C. The lowest BCUT2D eigenvalue weighted by Gasteiger charge is -2.37. The standard InChI is InChI=1S/C24H39IO5/c1-16-12-10-8-9-11-13-19(17(2)15-25)30-21(26)14-20(28-6)24(4,5)23(27)18(3)22(16)29-7/h9,11,15-16,18-20,22H,8,10,12-14H2,1-7H3/b11-9?,17-15+. The van der Waals surface area contributed by atoms with Crippen LogP contribution in [-0.4, -0.2) is 44.3 Å². The molecular formula is C24H39IO5. The van der Waals surface area contributed by atoms with E-state index in [4.69, 9.17) is 14.2 Å². The average Bonchev–Trinajstić information content (AvgIpc) is 2.71. The third-order valence-corrected chi connectivity index (χ3v) is 7.30. The van der Waals surface area contributed by atoms with Gasteiger partial charge in [0.15, 0.2) is 0 Å². The first kappa shape index (κ1) is 27.3. The zero-order chi connectivity index (χ0) is 22.9. The fraction of sp³-hybridized carbons (Fsp3) is 0.750. The van der Waals surface area contributed by atoms with Gasteiger partial charge in [-0.1, -0.05) is 62.4 Å². The van der Waals surface area contributed by atoms with Gasteiger partial charge in [0.05, 0.1) is 24.0 Å². The molecule has 0 aliphatic carbocycles. The number of ketones is 1. The predicted octanol–water partition coefficient (Wildman–Crippen LogP) is 5.65. The summed E-state index contributed by atoms with van der Waals surface area (Å²) in [5.74, 6) is -0.342. The summed E-state index contributed by atoms with van der Waals surface area (Å²) in [6, 6.07) is 0. The maximum atomic E-state index is 13.4. The molecule has 172 valence electrons. The maximum Gasteiger partial charge on any atom is 0.309 e. The van der Waals surface area contributed by atoms with Crippen molar-refractivity contribution in [1.82, 2.24) is 0 Å². The van der Waals surface area contributed by atoms with Crippen LogP contribution in [0.25, 0.3) is 0 Å². The normalized spacial score (nSPS) is 32.7. The second-order valence-electron chi connectivity index (χ2n) is 8.95. The van der Waals surface area contributed by atoms with Crippen molar-refractivity contribution in [2.45, 2.75) is 85.0 Å². The van der Waals surface area contributed by atoms with Crippen LogP contribution in [0.5, 0.6) is 0 Å². The van der Waals surface area contributed by atoms with Crippen molar-refractivity contribution in [2.75, 3.05) is 14.2 Å². The van der Waals surface area contributed by atoms with E-state index in [9.17, 15) is 9.59 Å². The van der Waals surface area contributed by atoms with E-state index in [1.807, 2.05) is 31.8 Å². The molecule has 1 aliphatic rings.